The molecule has 2 aromatic carbocycles. The molecule has 2 rings (SSSR count). The number of benzene rings is 2. The molecule has 0 saturated heterocycles. The summed E-state index contributed by atoms with van der Waals surface area (Å²) in [5, 5.41) is 0. The molecule has 3 heteroatoms. The van der Waals surface area contributed by atoms with Crippen LogP contribution < -0.4 is 9.47 Å². The summed E-state index contributed by atoms with van der Waals surface area (Å²) < 4.78 is 10.6. The third-order valence-corrected chi connectivity index (χ3v) is 3.49. The highest BCUT2D eigenvalue weighted by atomic mass is 16.5. The quantitative estimate of drug-likeness (QED) is 0.606. The highest BCUT2D eigenvalue weighted by Gasteiger charge is 2.13. The fourth-order valence-electron chi connectivity index (χ4n) is 1.91. The first-order valence-electron chi connectivity index (χ1n) is 7.10. The number of methoxy groups -OCH3 is 1. The van der Waals surface area contributed by atoms with Crippen LogP contribution in [0.5, 0.6) is 11.5 Å². The predicted molar refractivity (Wildman–Crippen MR) is 83.5 cm³/mol. The lowest BCUT2D eigenvalue weighted by Crippen LogP contribution is -2.16. The van der Waals surface area contributed by atoms with E-state index in [-0.39, 0.29) is 11.9 Å². The molecule has 0 aliphatic rings. The second-order valence-electron chi connectivity index (χ2n) is 4.99. The maximum Gasteiger partial charge on any atom is 0.314 e. The second kappa shape index (κ2) is 6.93. The molecule has 0 amide bonds. The third-order valence-electron chi connectivity index (χ3n) is 3.49. The fourth-order valence-corrected chi connectivity index (χ4v) is 1.91. The Kier molecular flexibility index (Phi) is 4.99. The topological polar surface area (TPSA) is 35.5 Å². The molecule has 0 spiro atoms. The van der Waals surface area contributed by atoms with Crippen molar-refractivity contribution in [2.45, 2.75) is 20.3 Å². The van der Waals surface area contributed by atoms with Crippen LogP contribution in [0.25, 0.3) is 11.1 Å². The van der Waals surface area contributed by atoms with Gasteiger partial charge in [-0.2, -0.15) is 0 Å². The van der Waals surface area contributed by atoms with Crippen molar-refractivity contribution in [3.8, 4) is 22.6 Å². The highest BCUT2D eigenvalue weighted by molar-refractivity contribution is 5.75. The van der Waals surface area contributed by atoms with Crippen molar-refractivity contribution in [2.75, 3.05) is 7.11 Å². The Morgan fingerprint density at radius 3 is 2.38 bits per heavy atom. The summed E-state index contributed by atoms with van der Waals surface area (Å²) in [7, 11) is 1.64. The van der Waals surface area contributed by atoms with Gasteiger partial charge in [-0.25, -0.2) is 0 Å². The summed E-state index contributed by atoms with van der Waals surface area (Å²) in [6.07, 6.45) is 0.775. The van der Waals surface area contributed by atoms with Gasteiger partial charge >= 0.3 is 5.97 Å². The van der Waals surface area contributed by atoms with E-state index in [1.165, 1.54) is 0 Å². The lowest BCUT2D eigenvalue weighted by Gasteiger charge is -2.10. The van der Waals surface area contributed by atoms with Crippen LogP contribution in [0.3, 0.4) is 0 Å². The maximum atomic E-state index is 11.8. The van der Waals surface area contributed by atoms with Crippen molar-refractivity contribution in [1.29, 1.82) is 0 Å². The molecular weight excluding hydrogens is 264 g/mol. The van der Waals surface area contributed by atoms with E-state index in [1.54, 1.807) is 13.2 Å². The molecule has 0 aromatic heterocycles. The number of carbonyl (C=O) groups is 1. The summed E-state index contributed by atoms with van der Waals surface area (Å²) >= 11 is 0. The molecule has 0 fully saturated rings. The molecular formula is C18H20O3. The van der Waals surface area contributed by atoms with Crippen LogP contribution in [0, 0.1) is 5.92 Å². The van der Waals surface area contributed by atoms with E-state index in [0.717, 1.165) is 23.3 Å². The molecule has 0 N–H and O–H groups in total. The van der Waals surface area contributed by atoms with Gasteiger partial charge in [0.25, 0.3) is 0 Å². The average molecular weight is 284 g/mol. The zero-order chi connectivity index (χ0) is 15.2. The first-order chi connectivity index (χ1) is 10.1. The minimum absolute atomic E-state index is 0.0883. The fraction of sp³-hybridized carbons (Fsp3) is 0.278. The maximum absolute atomic E-state index is 11.8. The summed E-state index contributed by atoms with van der Waals surface area (Å²) in [6.45, 7) is 3.84. The van der Waals surface area contributed by atoms with Gasteiger partial charge < -0.3 is 9.47 Å². The van der Waals surface area contributed by atoms with Crippen molar-refractivity contribution in [2.24, 2.45) is 5.92 Å². The van der Waals surface area contributed by atoms with E-state index < -0.39 is 0 Å². The Bertz CT molecular complexity index is 602. The molecule has 0 aliphatic carbocycles. The summed E-state index contributed by atoms with van der Waals surface area (Å²) in [4.78, 5) is 11.8. The van der Waals surface area contributed by atoms with E-state index in [4.69, 9.17) is 9.47 Å². The molecule has 0 aliphatic heterocycles. The molecule has 21 heavy (non-hydrogen) atoms. The zero-order valence-electron chi connectivity index (χ0n) is 12.6. The first kappa shape index (κ1) is 15.1. The lowest BCUT2D eigenvalue weighted by atomic mass is 10.1. The van der Waals surface area contributed by atoms with Crippen LogP contribution in [-0.2, 0) is 4.79 Å². The van der Waals surface area contributed by atoms with Gasteiger partial charge in [-0.05, 0) is 41.8 Å². The Hall–Kier alpha value is -2.29. The first-order valence-corrected chi connectivity index (χ1v) is 7.10. The zero-order valence-corrected chi connectivity index (χ0v) is 12.6. The monoisotopic (exact) mass is 284 g/mol. The van der Waals surface area contributed by atoms with Crippen LogP contribution in [0.15, 0.2) is 48.5 Å². The Morgan fingerprint density at radius 1 is 1.05 bits per heavy atom. The number of rotatable bonds is 5. The molecule has 2 aromatic rings. The Labute approximate surface area is 125 Å². The van der Waals surface area contributed by atoms with E-state index in [2.05, 4.69) is 0 Å². The van der Waals surface area contributed by atoms with Gasteiger partial charge in [0.1, 0.15) is 11.5 Å². The minimum Gasteiger partial charge on any atom is -0.497 e. The number of hydrogen-bond donors (Lipinski definition) is 0. The van der Waals surface area contributed by atoms with Crippen molar-refractivity contribution in [3.05, 3.63) is 48.5 Å². The third kappa shape index (κ3) is 3.85. The van der Waals surface area contributed by atoms with Crippen molar-refractivity contribution >= 4 is 5.97 Å². The molecule has 110 valence electrons. The summed E-state index contributed by atoms with van der Waals surface area (Å²) in [5.74, 6) is 1.12. The summed E-state index contributed by atoms with van der Waals surface area (Å²) in [5.41, 5.74) is 2.06. The average Bonchev–Trinajstić information content (AvgIpc) is 2.54. The van der Waals surface area contributed by atoms with Crippen LogP contribution in [-0.4, -0.2) is 13.1 Å². The molecule has 1 unspecified atom stereocenters. The standard InChI is InChI=1S/C18H20O3/c1-4-13(2)18(19)21-17-7-5-6-15(12-17)14-8-10-16(20-3)11-9-14/h5-13H,4H2,1-3H3. The molecule has 0 saturated carbocycles. The van der Waals surface area contributed by atoms with Gasteiger partial charge in [-0.1, -0.05) is 38.1 Å². The predicted octanol–water partition coefficient (Wildman–Crippen LogP) is 4.31. The van der Waals surface area contributed by atoms with Gasteiger partial charge in [-0.15, -0.1) is 0 Å². The smallest absolute Gasteiger partial charge is 0.314 e. The molecule has 0 bridgehead atoms. The highest BCUT2D eigenvalue weighted by Crippen LogP contribution is 2.26. The summed E-state index contributed by atoms with van der Waals surface area (Å²) in [6, 6.07) is 15.3. The van der Waals surface area contributed by atoms with Crippen LogP contribution in [0.2, 0.25) is 0 Å². The van der Waals surface area contributed by atoms with E-state index >= 15 is 0 Å². The van der Waals surface area contributed by atoms with Gasteiger partial charge in [0, 0.05) is 0 Å². The van der Waals surface area contributed by atoms with Crippen LogP contribution in [0.1, 0.15) is 20.3 Å². The Balaban J connectivity index is 2.18. The molecule has 3 nitrogen and oxygen atoms in total. The van der Waals surface area contributed by atoms with Crippen molar-refractivity contribution in [1.82, 2.24) is 0 Å². The largest absolute Gasteiger partial charge is 0.497 e. The number of hydrogen-bond acceptors (Lipinski definition) is 3. The van der Waals surface area contributed by atoms with Crippen LogP contribution in [0.4, 0.5) is 0 Å². The normalized spacial score (nSPS) is 11.8. The minimum atomic E-state index is -0.190. The second-order valence-corrected chi connectivity index (χ2v) is 4.99. The van der Waals surface area contributed by atoms with Gasteiger partial charge in [0.15, 0.2) is 0 Å². The van der Waals surface area contributed by atoms with Gasteiger partial charge in [0.2, 0.25) is 0 Å². The van der Waals surface area contributed by atoms with Gasteiger partial charge in [0.05, 0.1) is 13.0 Å². The number of esters is 1. The number of carbonyl (C=O) groups excluding carboxylic acids is 1. The van der Waals surface area contributed by atoms with E-state index in [1.807, 2.05) is 56.3 Å². The number of ether oxygens (including phenoxy) is 2. The SMILES string of the molecule is CCC(C)C(=O)Oc1cccc(-c2ccc(OC)cc2)c1. The van der Waals surface area contributed by atoms with Crippen molar-refractivity contribution < 1.29 is 14.3 Å². The van der Waals surface area contributed by atoms with Crippen LogP contribution >= 0.6 is 0 Å². The Morgan fingerprint density at radius 2 is 1.76 bits per heavy atom. The van der Waals surface area contributed by atoms with Gasteiger partial charge in [-0.3, -0.25) is 4.79 Å². The molecule has 0 heterocycles. The molecule has 1 atom stereocenters. The molecule has 0 radical (unpaired) electrons. The van der Waals surface area contributed by atoms with E-state index in [0.29, 0.717) is 5.75 Å². The van der Waals surface area contributed by atoms with E-state index in [9.17, 15) is 4.79 Å². The van der Waals surface area contributed by atoms with Crippen molar-refractivity contribution in [3.63, 3.8) is 0 Å². The lowest BCUT2D eigenvalue weighted by molar-refractivity contribution is -0.138.